The fourth-order valence-corrected chi connectivity index (χ4v) is 2.14. The van der Waals surface area contributed by atoms with Gasteiger partial charge in [0, 0.05) is 7.05 Å². The van der Waals surface area contributed by atoms with Crippen molar-refractivity contribution in [1.29, 1.82) is 0 Å². The summed E-state index contributed by atoms with van der Waals surface area (Å²) in [5, 5.41) is 7.13. The number of carbonyl (C=O) groups excluding carboxylic acids is 1. The maximum Gasteiger partial charge on any atom is 0.262 e. The Bertz CT molecular complexity index is 674. The van der Waals surface area contributed by atoms with Gasteiger partial charge in [0.1, 0.15) is 5.75 Å². The molecule has 0 bridgehead atoms. The van der Waals surface area contributed by atoms with Crippen LogP contribution in [-0.4, -0.2) is 22.3 Å². The second-order valence-electron chi connectivity index (χ2n) is 5.28. The highest BCUT2D eigenvalue weighted by Crippen LogP contribution is 2.20. The van der Waals surface area contributed by atoms with Gasteiger partial charge in [-0.25, -0.2) is 0 Å². The lowest BCUT2D eigenvalue weighted by atomic mass is 10.1. The number of aromatic nitrogens is 2. The molecule has 0 saturated carbocycles. The monoisotopic (exact) mass is 287 g/mol. The van der Waals surface area contributed by atoms with E-state index in [1.165, 1.54) is 0 Å². The number of ether oxygens (including phenoxy) is 1. The van der Waals surface area contributed by atoms with Crippen LogP contribution in [-0.2, 0) is 11.8 Å². The lowest BCUT2D eigenvalue weighted by Gasteiger charge is -2.10. The van der Waals surface area contributed by atoms with E-state index in [-0.39, 0.29) is 12.5 Å². The van der Waals surface area contributed by atoms with E-state index < -0.39 is 0 Å². The molecular formula is C16H21N3O2. The number of carbonyl (C=O) groups is 1. The molecule has 2 rings (SSSR count). The lowest BCUT2D eigenvalue weighted by molar-refractivity contribution is -0.118. The van der Waals surface area contributed by atoms with Gasteiger partial charge >= 0.3 is 0 Å². The molecule has 2 aromatic rings. The Kier molecular flexibility index (Phi) is 4.31. The molecule has 0 unspecified atom stereocenters. The molecule has 0 saturated heterocycles. The van der Waals surface area contributed by atoms with Crippen molar-refractivity contribution < 1.29 is 9.53 Å². The number of benzene rings is 1. The van der Waals surface area contributed by atoms with Crippen LogP contribution in [0.4, 0.5) is 5.69 Å². The van der Waals surface area contributed by atoms with E-state index in [9.17, 15) is 4.79 Å². The Balaban J connectivity index is 2.01. The molecular weight excluding hydrogens is 266 g/mol. The molecule has 1 N–H and O–H groups in total. The summed E-state index contributed by atoms with van der Waals surface area (Å²) in [5.41, 5.74) is 4.60. The number of amides is 1. The fourth-order valence-electron chi connectivity index (χ4n) is 2.14. The van der Waals surface area contributed by atoms with E-state index in [2.05, 4.69) is 10.4 Å². The van der Waals surface area contributed by atoms with Gasteiger partial charge in [-0.15, -0.1) is 0 Å². The minimum Gasteiger partial charge on any atom is -0.483 e. The summed E-state index contributed by atoms with van der Waals surface area (Å²) in [6, 6.07) is 5.94. The Morgan fingerprint density at radius 2 is 2.00 bits per heavy atom. The van der Waals surface area contributed by atoms with Gasteiger partial charge in [0.2, 0.25) is 0 Å². The minimum absolute atomic E-state index is 0.0158. The minimum atomic E-state index is -0.185. The van der Waals surface area contributed by atoms with Crippen molar-refractivity contribution in [3.8, 4) is 5.75 Å². The Morgan fingerprint density at radius 1 is 1.29 bits per heavy atom. The van der Waals surface area contributed by atoms with Gasteiger partial charge in [-0.1, -0.05) is 12.1 Å². The van der Waals surface area contributed by atoms with Crippen LogP contribution in [0.1, 0.15) is 22.5 Å². The molecule has 0 spiro atoms. The van der Waals surface area contributed by atoms with E-state index in [0.29, 0.717) is 0 Å². The number of hydrogen-bond donors (Lipinski definition) is 1. The van der Waals surface area contributed by atoms with Crippen LogP contribution in [0.5, 0.6) is 5.75 Å². The zero-order valence-corrected chi connectivity index (χ0v) is 13.2. The summed E-state index contributed by atoms with van der Waals surface area (Å²) in [6.45, 7) is 7.73. The number of rotatable bonds is 4. The van der Waals surface area contributed by atoms with Crippen LogP contribution < -0.4 is 10.1 Å². The molecule has 0 aliphatic heterocycles. The maximum atomic E-state index is 12.0. The van der Waals surface area contributed by atoms with Crippen LogP contribution in [0.2, 0.25) is 0 Å². The number of nitrogens with one attached hydrogen (secondary N) is 1. The molecule has 1 amide bonds. The highest BCUT2D eigenvalue weighted by atomic mass is 16.5. The number of aryl methyl sites for hydroxylation is 4. The molecule has 0 fully saturated rings. The average Bonchev–Trinajstić information content (AvgIpc) is 2.66. The lowest BCUT2D eigenvalue weighted by Crippen LogP contribution is -2.21. The van der Waals surface area contributed by atoms with Crippen LogP contribution in [0.15, 0.2) is 18.2 Å². The zero-order chi connectivity index (χ0) is 15.6. The normalized spacial score (nSPS) is 10.5. The Labute approximate surface area is 124 Å². The van der Waals surface area contributed by atoms with Crippen LogP contribution in [0.3, 0.4) is 0 Å². The predicted octanol–water partition coefficient (Wildman–Crippen LogP) is 2.67. The quantitative estimate of drug-likeness (QED) is 0.940. The predicted molar refractivity (Wildman–Crippen MR) is 82.7 cm³/mol. The van der Waals surface area contributed by atoms with Crippen LogP contribution in [0, 0.1) is 27.7 Å². The average molecular weight is 287 g/mol. The van der Waals surface area contributed by atoms with Crippen LogP contribution >= 0.6 is 0 Å². The van der Waals surface area contributed by atoms with E-state index in [4.69, 9.17) is 4.74 Å². The van der Waals surface area contributed by atoms with Gasteiger partial charge < -0.3 is 10.1 Å². The standard InChI is InChI=1S/C16H21N3O2/c1-10-6-7-11(2)14(8-10)21-9-15(20)17-16-12(3)18-19(5)13(16)4/h6-8H,9H2,1-5H3,(H,17,20). The molecule has 0 aliphatic rings. The molecule has 112 valence electrons. The molecule has 1 aromatic carbocycles. The largest absolute Gasteiger partial charge is 0.483 e. The van der Waals surface area contributed by atoms with Crippen LogP contribution in [0.25, 0.3) is 0 Å². The Hall–Kier alpha value is -2.30. The van der Waals surface area contributed by atoms with Crippen molar-refractivity contribution in [1.82, 2.24) is 9.78 Å². The number of hydrogen-bond acceptors (Lipinski definition) is 3. The first-order valence-electron chi connectivity index (χ1n) is 6.88. The molecule has 5 heteroatoms. The first-order chi connectivity index (χ1) is 9.88. The summed E-state index contributed by atoms with van der Waals surface area (Å²) in [4.78, 5) is 12.0. The van der Waals surface area contributed by atoms with Crippen molar-refractivity contribution in [2.75, 3.05) is 11.9 Å². The zero-order valence-electron chi connectivity index (χ0n) is 13.2. The second-order valence-corrected chi connectivity index (χ2v) is 5.28. The van der Waals surface area contributed by atoms with E-state index in [1.54, 1.807) is 4.68 Å². The third kappa shape index (κ3) is 3.42. The van der Waals surface area contributed by atoms with E-state index in [0.717, 1.165) is 34.0 Å². The first kappa shape index (κ1) is 15.1. The summed E-state index contributed by atoms with van der Waals surface area (Å²) < 4.78 is 7.35. The second kappa shape index (κ2) is 5.99. The number of nitrogens with zero attached hydrogens (tertiary/aromatic N) is 2. The first-order valence-corrected chi connectivity index (χ1v) is 6.88. The van der Waals surface area contributed by atoms with Gasteiger partial charge in [-0.3, -0.25) is 9.48 Å². The highest BCUT2D eigenvalue weighted by molar-refractivity contribution is 5.93. The maximum absolute atomic E-state index is 12.0. The van der Waals surface area contributed by atoms with E-state index in [1.807, 2.05) is 52.9 Å². The molecule has 0 aliphatic carbocycles. The van der Waals surface area contributed by atoms with Crippen molar-refractivity contribution in [3.05, 3.63) is 40.7 Å². The molecule has 0 atom stereocenters. The summed E-state index contributed by atoms with van der Waals surface area (Å²) in [6.07, 6.45) is 0. The summed E-state index contributed by atoms with van der Waals surface area (Å²) >= 11 is 0. The third-order valence-electron chi connectivity index (χ3n) is 3.48. The van der Waals surface area contributed by atoms with Crippen molar-refractivity contribution in [2.45, 2.75) is 27.7 Å². The summed E-state index contributed by atoms with van der Waals surface area (Å²) in [5.74, 6) is 0.555. The summed E-state index contributed by atoms with van der Waals surface area (Å²) in [7, 11) is 1.85. The van der Waals surface area contributed by atoms with Gasteiger partial charge in [0.05, 0.1) is 17.1 Å². The van der Waals surface area contributed by atoms with Gasteiger partial charge in [-0.05, 0) is 44.9 Å². The molecule has 5 nitrogen and oxygen atoms in total. The molecule has 1 heterocycles. The van der Waals surface area contributed by atoms with Crippen molar-refractivity contribution in [3.63, 3.8) is 0 Å². The van der Waals surface area contributed by atoms with Crippen molar-refractivity contribution >= 4 is 11.6 Å². The fraction of sp³-hybridized carbons (Fsp3) is 0.375. The topological polar surface area (TPSA) is 56.1 Å². The molecule has 1 aromatic heterocycles. The van der Waals surface area contributed by atoms with E-state index >= 15 is 0 Å². The molecule has 21 heavy (non-hydrogen) atoms. The van der Waals surface area contributed by atoms with Gasteiger partial charge in [0.15, 0.2) is 6.61 Å². The SMILES string of the molecule is Cc1ccc(C)c(OCC(=O)Nc2c(C)nn(C)c2C)c1. The van der Waals surface area contributed by atoms with Gasteiger partial charge in [0.25, 0.3) is 5.91 Å². The number of anilines is 1. The molecule has 0 radical (unpaired) electrons. The Morgan fingerprint density at radius 3 is 2.62 bits per heavy atom. The smallest absolute Gasteiger partial charge is 0.262 e. The van der Waals surface area contributed by atoms with Crippen molar-refractivity contribution in [2.24, 2.45) is 7.05 Å². The highest BCUT2D eigenvalue weighted by Gasteiger charge is 2.13. The third-order valence-corrected chi connectivity index (χ3v) is 3.48. The van der Waals surface area contributed by atoms with Gasteiger partial charge in [-0.2, -0.15) is 5.10 Å².